The van der Waals surface area contributed by atoms with Gasteiger partial charge >= 0.3 is 0 Å². The van der Waals surface area contributed by atoms with Crippen LogP contribution in [0.5, 0.6) is 5.75 Å². The van der Waals surface area contributed by atoms with Crippen LogP contribution in [-0.4, -0.2) is 22.1 Å². The number of pyridine rings is 1. The van der Waals surface area contributed by atoms with E-state index in [0.29, 0.717) is 28.1 Å². The van der Waals surface area contributed by atoms with Gasteiger partial charge in [-0.3, -0.25) is 9.97 Å². The molecular formula is C23H18Cl2N4O. The van der Waals surface area contributed by atoms with Gasteiger partial charge in [-0.15, -0.1) is 0 Å². The van der Waals surface area contributed by atoms with Gasteiger partial charge < -0.3 is 10.1 Å². The first kappa shape index (κ1) is 20.1. The van der Waals surface area contributed by atoms with E-state index in [-0.39, 0.29) is 0 Å². The van der Waals surface area contributed by atoms with Gasteiger partial charge in [-0.1, -0.05) is 47.5 Å². The number of aromatic nitrogens is 3. The predicted octanol–water partition coefficient (Wildman–Crippen LogP) is 6.13. The van der Waals surface area contributed by atoms with Gasteiger partial charge in [-0.2, -0.15) is 0 Å². The lowest BCUT2D eigenvalue weighted by atomic mass is 10.1. The van der Waals surface area contributed by atoms with Crippen LogP contribution in [0.3, 0.4) is 0 Å². The maximum Gasteiger partial charge on any atom is 0.145 e. The number of benzene rings is 2. The van der Waals surface area contributed by atoms with Crippen molar-refractivity contribution in [3.63, 3.8) is 0 Å². The summed E-state index contributed by atoms with van der Waals surface area (Å²) < 4.78 is 5.20. The minimum atomic E-state index is 0.509. The van der Waals surface area contributed by atoms with Gasteiger partial charge in [-0.05, 0) is 35.9 Å². The fourth-order valence-electron chi connectivity index (χ4n) is 2.98. The molecule has 0 unspecified atom stereocenters. The molecule has 0 aliphatic carbocycles. The summed E-state index contributed by atoms with van der Waals surface area (Å²) in [5, 5.41) is 4.49. The van der Waals surface area contributed by atoms with Gasteiger partial charge in [0.25, 0.3) is 0 Å². The quantitative estimate of drug-likeness (QED) is 0.393. The Hall–Kier alpha value is -3.15. The Morgan fingerprint density at radius 3 is 2.37 bits per heavy atom. The summed E-state index contributed by atoms with van der Waals surface area (Å²) >= 11 is 12.5. The molecule has 0 aliphatic rings. The van der Waals surface area contributed by atoms with Crippen LogP contribution in [0, 0.1) is 0 Å². The lowest BCUT2D eigenvalue weighted by Gasteiger charge is -2.13. The minimum absolute atomic E-state index is 0.509. The van der Waals surface area contributed by atoms with Crippen molar-refractivity contribution in [2.75, 3.05) is 12.4 Å². The highest BCUT2D eigenvalue weighted by Gasteiger charge is 2.15. The van der Waals surface area contributed by atoms with Crippen LogP contribution in [0.2, 0.25) is 10.0 Å². The molecule has 30 heavy (non-hydrogen) atoms. The van der Waals surface area contributed by atoms with E-state index >= 15 is 0 Å². The molecule has 150 valence electrons. The predicted molar refractivity (Wildman–Crippen MR) is 121 cm³/mol. The molecule has 1 N–H and O–H groups in total. The number of hydrogen-bond acceptors (Lipinski definition) is 5. The number of nitrogens with one attached hydrogen (secondary N) is 1. The van der Waals surface area contributed by atoms with Crippen molar-refractivity contribution in [3.05, 3.63) is 88.8 Å². The van der Waals surface area contributed by atoms with Gasteiger partial charge in [0, 0.05) is 35.1 Å². The number of methoxy groups -OCH3 is 1. The lowest BCUT2D eigenvalue weighted by molar-refractivity contribution is 0.414. The van der Waals surface area contributed by atoms with E-state index in [1.54, 1.807) is 25.7 Å². The average molecular weight is 437 g/mol. The third-order valence-corrected chi connectivity index (χ3v) is 5.10. The van der Waals surface area contributed by atoms with Crippen molar-refractivity contribution >= 4 is 29.0 Å². The van der Waals surface area contributed by atoms with E-state index < -0.39 is 0 Å². The zero-order valence-electron chi connectivity index (χ0n) is 16.1. The fraction of sp³-hybridized carbons (Fsp3) is 0.0870. The Balaban J connectivity index is 1.68. The fourth-order valence-corrected chi connectivity index (χ4v) is 3.32. The first-order valence-electron chi connectivity index (χ1n) is 9.23. The second-order valence-corrected chi connectivity index (χ2v) is 7.36. The zero-order valence-corrected chi connectivity index (χ0v) is 17.7. The van der Waals surface area contributed by atoms with E-state index in [9.17, 15) is 0 Å². The summed E-state index contributed by atoms with van der Waals surface area (Å²) in [5.74, 6) is 1.46. The summed E-state index contributed by atoms with van der Waals surface area (Å²) in [7, 11) is 1.65. The highest BCUT2D eigenvalue weighted by molar-refractivity contribution is 6.33. The molecule has 0 amide bonds. The van der Waals surface area contributed by atoms with Gasteiger partial charge in [0.05, 0.1) is 24.0 Å². The number of halogens is 2. The molecule has 0 bridgehead atoms. The Morgan fingerprint density at radius 1 is 0.900 bits per heavy atom. The maximum absolute atomic E-state index is 6.41. The largest absolute Gasteiger partial charge is 0.497 e. The lowest BCUT2D eigenvalue weighted by Crippen LogP contribution is -2.04. The first-order valence-corrected chi connectivity index (χ1v) is 9.99. The molecule has 0 saturated heterocycles. The Morgan fingerprint density at radius 2 is 1.67 bits per heavy atom. The van der Waals surface area contributed by atoms with Crippen LogP contribution < -0.4 is 10.1 Å². The number of anilines is 1. The van der Waals surface area contributed by atoms with Crippen molar-refractivity contribution in [3.8, 4) is 28.3 Å². The Labute approximate surface area is 184 Å². The van der Waals surface area contributed by atoms with E-state index in [4.69, 9.17) is 32.9 Å². The average Bonchev–Trinajstić information content (AvgIpc) is 2.79. The summed E-state index contributed by atoms with van der Waals surface area (Å²) in [6.45, 7) is 0.600. The molecule has 0 saturated carbocycles. The van der Waals surface area contributed by atoms with Crippen molar-refractivity contribution in [2.45, 2.75) is 6.54 Å². The smallest absolute Gasteiger partial charge is 0.145 e. The second-order valence-electron chi connectivity index (χ2n) is 6.52. The third-order valence-electron chi connectivity index (χ3n) is 4.55. The van der Waals surface area contributed by atoms with Gasteiger partial charge in [-0.25, -0.2) is 4.98 Å². The van der Waals surface area contributed by atoms with Crippen LogP contribution in [0.1, 0.15) is 5.56 Å². The van der Waals surface area contributed by atoms with E-state index in [0.717, 1.165) is 28.1 Å². The zero-order chi connectivity index (χ0) is 20.9. The summed E-state index contributed by atoms with van der Waals surface area (Å²) in [5.41, 5.74) is 4.15. The number of hydrogen-bond donors (Lipinski definition) is 1. The van der Waals surface area contributed by atoms with Crippen LogP contribution in [0.4, 0.5) is 5.82 Å². The van der Waals surface area contributed by atoms with Crippen molar-refractivity contribution in [1.82, 2.24) is 15.0 Å². The Kier molecular flexibility index (Phi) is 6.12. The van der Waals surface area contributed by atoms with Gasteiger partial charge in [0.15, 0.2) is 0 Å². The van der Waals surface area contributed by atoms with Crippen molar-refractivity contribution < 1.29 is 4.74 Å². The third kappa shape index (κ3) is 4.53. The molecule has 0 spiro atoms. The maximum atomic E-state index is 6.41. The second kappa shape index (κ2) is 9.11. The van der Waals surface area contributed by atoms with Crippen molar-refractivity contribution in [1.29, 1.82) is 0 Å². The van der Waals surface area contributed by atoms with Crippen LogP contribution in [0.15, 0.2) is 73.2 Å². The molecule has 7 heteroatoms. The first-order chi connectivity index (χ1) is 14.6. The van der Waals surface area contributed by atoms with Crippen LogP contribution in [-0.2, 0) is 6.54 Å². The molecule has 2 aromatic carbocycles. The monoisotopic (exact) mass is 436 g/mol. The Bertz CT molecular complexity index is 1150. The topological polar surface area (TPSA) is 59.9 Å². The van der Waals surface area contributed by atoms with E-state index in [1.165, 1.54) is 0 Å². The van der Waals surface area contributed by atoms with Gasteiger partial charge in [0.2, 0.25) is 0 Å². The van der Waals surface area contributed by atoms with Crippen LogP contribution in [0.25, 0.3) is 22.5 Å². The number of rotatable bonds is 6. The summed E-state index contributed by atoms with van der Waals surface area (Å²) in [6.07, 6.45) is 5.00. The highest BCUT2D eigenvalue weighted by atomic mass is 35.5. The molecule has 2 heterocycles. The summed E-state index contributed by atoms with van der Waals surface area (Å²) in [4.78, 5) is 13.5. The normalized spacial score (nSPS) is 10.6. The number of ether oxygens (including phenoxy) is 1. The standard InChI is InChI=1S/C23H18Cl2N4O/c1-30-18-8-2-15(3-9-18)12-27-21-14-28-22(16-4-6-17(24)7-5-16)23(29-21)19-10-11-26-13-20(19)25/h2-11,13-14H,12H2,1H3,(H,27,29). The highest BCUT2D eigenvalue weighted by Crippen LogP contribution is 2.34. The molecule has 4 rings (SSSR count). The summed E-state index contributed by atoms with van der Waals surface area (Å²) in [6, 6.07) is 17.2. The molecule has 4 aromatic rings. The molecule has 0 aliphatic heterocycles. The molecule has 0 radical (unpaired) electrons. The molecular weight excluding hydrogens is 419 g/mol. The minimum Gasteiger partial charge on any atom is -0.497 e. The molecule has 5 nitrogen and oxygen atoms in total. The van der Waals surface area contributed by atoms with Crippen LogP contribution >= 0.6 is 23.2 Å². The van der Waals surface area contributed by atoms with E-state index in [1.807, 2.05) is 54.6 Å². The molecule has 0 atom stereocenters. The SMILES string of the molecule is COc1ccc(CNc2cnc(-c3ccc(Cl)cc3)c(-c3ccncc3Cl)n2)cc1. The number of nitrogens with zero attached hydrogens (tertiary/aromatic N) is 3. The van der Waals surface area contributed by atoms with Gasteiger partial charge in [0.1, 0.15) is 17.3 Å². The van der Waals surface area contributed by atoms with Crippen molar-refractivity contribution in [2.24, 2.45) is 0 Å². The molecule has 2 aromatic heterocycles. The molecule has 0 fully saturated rings. The van der Waals surface area contributed by atoms with E-state index in [2.05, 4.69) is 15.3 Å².